The Morgan fingerprint density at radius 2 is 1.42 bits per heavy atom. The molecule has 0 spiro atoms. The Hall–Kier alpha value is -1.47. The second-order valence-electron chi connectivity index (χ2n) is 8.07. The molecule has 5 nitrogen and oxygen atoms in total. The smallest absolute Gasteiger partial charge is 0.232 e. The highest BCUT2D eigenvalue weighted by atomic mass is 32.2. The maximum absolute atomic E-state index is 11.7. The molecule has 0 saturated carbocycles. The largest absolute Gasteiger partial charge is 0.507 e. The summed E-state index contributed by atoms with van der Waals surface area (Å²) in [5.41, 5.74) is 1.87. The van der Waals surface area contributed by atoms with E-state index in [0.29, 0.717) is 5.01 Å². The van der Waals surface area contributed by atoms with Crippen molar-refractivity contribution in [3.05, 3.63) is 23.3 Å². The van der Waals surface area contributed by atoms with Crippen LogP contribution in [0.1, 0.15) is 52.7 Å². The van der Waals surface area contributed by atoms with E-state index in [1.807, 2.05) is 53.7 Å². The summed E-state index contributed by atoms with van der Waals surface area (Å²) in [7, 11) is -3.38. The third-order valence-electron chi connectivity index (χ3n) is 3.70. The Morgan fingerprint density at radius 1 is 0.958 bits per heavy atom. The molecule has 132 valence electrons. The van der Waals surface area contributed by atoms with Crippen LogP contribution in [0.5, 0.6) is 5.75 Å². The third-order valence-corrected chi connectivity index (χ3v) is 6.34. The molecule has 0 radical (unpaired) electrons. The van der Waals surface area contributed by atoms with Crippen LogP contribution < -0.4 is 0 Å². The SMILES string of the molecule is CC(C)(C)c1cc(-c2nnc(S(C)(=O)=O)s2)cc(C(C)(C)C)c1O. The van der Waals surface area contributed by atoms with E-state index in [-0.39, 0.29) is 20.9 Å². The maximum Gasteiger partial charge on any atom is 0.232 e. The van der Waals surface area contributed by atoms with Crippen molar-refractivity contribution in [3.63, 3.8) is 0 Å². The van der Waals surface area contributed by atoms with Crippen LogP contribution in [0.3, 0.4) is 0 Å². The van der Waals surface area contributed by atoms with E-state index in [2.05, 4.69) is 10.2 Å². The molecule has 2 aromatic rings. The highest BCUT2D eigenvalue weighted by Gasteiger charge is 2.27. The first kappa shape index (κ1) is 18.9. The minimum atomic E-state index is -3.38. The van der Waals surface area contributed by atoms with Gasteiger partial charge in [0.1, 0.15) is 10.8 Å². The number of sulfone groups is 1. The third kappa shape index (κ3) is 3.78. The molecule has 0 bridgehead atoms. The highest BCUT2D eigenvalue weighted by Crippen LogP contribution is 2.42. The summed E-state index contributed by atoms with van der Waals surface area (Å²) in [5.74, 6) is 0.284. The number of aromatic nitrogens is 2. The van der Waals surface area contributed by atoms with Crippen molar-refractivity contribution in [1.29, 1.82) is 0 Å². The topological polar surface area (TPSA) is 80.2 Å². The molecule has 1 aromatic heterocycles. The van der Waals surface area contributed by atoms with E-state index < -0.39 is 9.84 Å². The molecule has 0 atom stereocenters. The summed E-state index contributed by atoms with van der Waals surface area (Å²) >= 11 is 1.05. The molecule has 0 amide bonds. The number of aromatic hydroxyl groups is 1. The zero-order valence-corrected chi connectivity index (χ0v) is 16.8. The lowest BCUT2D eigenvalue weighted by Crippen LogP contribution is -2.17. The van der Waals surface area contributed by atoms with E-state index in [4.69, 9.17) is 0 Å². The molecule has 0 aliphatic rings. The van der Waals surface area contributed by atoms with E-state index >= 15 is 0 Å². The summed E-state index contributed by atoms with van der Waals surface area (Å²) < 4.78 is 23.3. The van der Waals surface area contributed by atoms with Gasteiger partial charge in [-0.15, -0.1) is 10.2 Å². The first-order valence-corrected chi connectivity index (χ1v) is 10.3. The molecular formula is C17H24N2O3S2. The Labute approximate surface area is 147 Å². The molecule has 24 heavy (non-hydrogen) atoms. The molecule has 0 fully saturated rings. The Morgan fingerprint density at radius 3 is 1.75 bits per heavy atom. The molecule has 0 aliphatic carbocycles. The number of hydrogen-bond acceptors (Lipinski definition) is 6. The number of phenols is 1. The molecule has 0 unspecified atom stereocenters. The average Bonchev–Trinajstić information content (AvgIpc) is 2.85. The van der Waals surface area contributed by atoms with Crippen LogP contribution in [0.2, 0.25) is 0 Å². The Bertz CT molecular complexity index is 835. The molecule has 7 heteroatoms. The lowest BCUT2D eigenvalue weighted by atomic mass is 9.78. The standard InChI is InChI=1S/C17H24N2O3S2/c1-16(2,3)11-8-10(9-12(13(11)20)17(4,5)6)14-18-19-15(23-14)24(7,21)22/h8-9,20H,1-7H3. The minimum absolute atomic E-state index is 0.000178. The zero-order chi connectivity index (χ0) is 18.5. The van der Waals surface area contributed by atoms with Crippen molar-refractivity contribution < 1.29 is 13.5 Å². The fraction of sp³-hybridized carbons (Fsp3) is 0.529. The van der Waals surface area contributed by atoms with Gasteiger partial charge in [0.15, 0.2) is 0 Å². The van der Waals surface area contributed by atoms with Crippen LogP contribution in [0.15, 0.2) is 16.5 Å². The molecule has 0 saturated heterocycles. The zero-order valence-electron chi connectivity index (χ0n) is 15.1. The monoisotopic (exact) mass is 368 g/mol. The van der Waals surface area contributed by atoms with Gasteiger partial charge >= 0.3 is 0 Å². The Balaban J connectivity index is 2.74. The number of nitrogens with zero attached hydrogens (tertiary/aromatic N) is 2. The van der Waals surface area contributed by atoms with Gasteiger partial charge in [-0.2, -0.15) is 0 Å². The summed E-state index contributed by atoms with van der Waals surface area (Å²) in [6.07, 6.45) is 1.12. The normalized spacial score (nSPS) is 13.3. The maximum atomic E-state index is 11.7. The number of rotatable bonds is 2. The Kier molecular flexibility index (Phi) is 4.56. The van der Waals surface area contributed by atoms with Crippen LogP contribution in [-0.2, 0) is 20.7 Å². The summed E-state index contributed by atoms with van der Waals surface area (Å²) in [6.45, 7) is 12.2. The van der Waals surface area contributed by atoms with E-state index in [1.54, 1.807) is 0 Å². The second kappa shape index (κ2) is 5.81. The van der Waals surface area contributed by atoms with Crippen molar-refractivity contribution >= 4 is 21.2 Å². The molecule has 1 aromatic carbocycles. The van der Waals surface area contributed by atoms with Gasteiger partial charge in [0, 0.05) is 22.9 Å². The van der Waals surface area contributed by atoms with Crippen LogP contribution in [0, 0.1) is 0 Å². The lowest BCUT2D eigenvalue weighted by molar-refractivity contribution is 0.423. The van der Waals surface area contributed by atoms with Crippen LogP contribution in [0.4, 0.5) is 0 Å². The highest BCUT2D eigenvalue weighted by molar-refractivity contribution is 7.92. The van der Waals surface area contributed by atoms with E-state index in [0.717, 1.165) is 34.3 Å². The summed E-state index contributed by atoms with van der Waals surface area (Å²) in [5, 5.41) is 19.1. The molecule has 2 rings (SSSR count). The summed E-state index contributed by atoms with van der Waals surface area (Å²) in [6, 6.07) is 3.74. The van der Waals surface area contributed by atoms with Crippen molar-refractivity contribution in [2.75, 3.05) is 6.26 Å². The van der Waals surface area contributed by atoms with Gasteiger partial charge in [-0.3, -0.25) is 0 Å². The van der Waals surface area contributed by atoms with Crippen molar-refractivity contribution in [2.45, 2.75) is 56.7 Å². The van der Waals surface area contributed by atoms with Crippen LogP contribution >= 0.6 is 11.3 Å². The molecule has 1 N–H and O–H groups in total. The van der Waals surface area contributed by atoms with Gasteiger partial charge in [-0.25, -0.2) is 8.42 Å². The van der Waals surface area contributed by atoms with Gasteiger partial charge in [-0.1, -0.05) is 52.9 Å². The fourth-order valence-electron chi connectivity index (χ4n) is 2.38. The number of benzene rings is 1. The molecule has 0 aliphatic heterocycles. The van der Waals surface area contributed by atoms with Crippen molar-refractivity contribution in [1.82, 2.24) is 10.2 Å². The molecular weight excluding hydrogens is 344 g/mol. The fourth-order valence-corrected chi connectivity index (χ4v) is 3.97. The predicted molar refractivity (Wildman–Crippen MR) is 97.5 cm³/mol. The van der Waals surface area contributed by atoms with Gasteiger partial charge < -0.3 is 5.11 Å². The predicted octanol–water partition coefficient (Wildman–Crippen LogP) is 3.91. The average molecular weight is 369 g/mol. The van der Waals surface area contributed by atoms with Gasteiger partial charge in [0.25, 0.3) is 0 Å². The van der Waals surface area contributed by atoms with E-state index in [1.165, 1.54) is 0 Å². The van der Waals surface area contributed by atoms with Crippen molar-refractivity contribution in [3.8, 4) is 16.3 Å². The lowest BCUT2D eigenvalue weighted by Gasteiger charge is -2.27. The number of phenolic OH excluding ortho intramolecular Hbond substituents is 1. The van der Waals surface area contributed by atoms with Gasteiger partial charge in [0.05, 0.1) is 0 Å². The van der Waals surface area contributed by atoms with Gasteiger partial charge in [0.2, 0.25) is 14.2 Å². The minimum Gasteiger partial charge on any atom is -0.507 e. The van der Waals surface area contributed by atoms with Crippen LogP contribution in [-0.4, -0.2) is 30.0 Å². The first-order valence-electron chi connectivity index (χ1n) is 7.63. The van der Waals surface area contributed by atoms with E-state index in [9.17, 15) is 13.5 Å². The molecule has 1 heterocycles. The van der Waals surface area contributed by atoms with Crippen LogP contribution in [0.25, 0.3) is 10.6 Å². The number of hydrogen-bond donors (Lipinski definition) is 1. The quantitative estimate of drug-likeness (QED) is 0.869. The van der Waals surface area contributed by atoms with Crippen molar-refractivity contribution in [2.24, 2.45) is 0 Å². The first-order chi connectivity index (χ1) is 10.7. The second-order valence-corrected chi connectivity index (χ2v) is 11.2. The van der Waals surface area contributed by atoms with Gasteiger partial charge in [-0.05, 0) is 23.0 Å². The summed E-state index contributed by atoms with van der Waals surface area (Å²) in [4.78, 5) is 0.